The van der Waals surface area contributed by atoms with Gasteiger partial charge in [-0.15, -0.1) is 11.3 Å². The van der Waals surface area contributed by atoms with E-state index in [1.54, 1.807) is 0 Å². The number of benzene rings is 7. The van der Waals surface area contributed by atoms with Crippen LogP contribution in [-0.4, -0.2) is 9.97 Å². The summed E-state index contributed by atoms with van der Waals surface area (Å²) < 4.78 is 2.56. The molecule has 51 heavy (non-hydrogen) atoms. The number of rotatable bonds is 5. The lowest BCUT2D eigenvalue weighted by Crippen LogP contribution is -2.22. The molecule has 240 valence electrons. The molecule has 2 nitrogen and oxygen atoms in total. The summed E-state index contributed by atoms with van der Waals surface area (Å²) in [5.41, 5.74) is 13.7. The van der Waals surface area contributed by atoms with Crippen LogP contribution in [0.5, 0.6) is 0 Å². The highest BCUT2D eigenvalue weighted by Gasteiger charge is 2.40. The average Bonchev–Trinajstić information content (AvgIpc) is 3.71. The van der Waals surface area contributed by atoms with Crippen molar-refractivity contribution in [3.8, 4) is 56.2 Å². The molecule has 3 heteroatoms. The number of aromatic nitrogens is 2. The van der Waals surface area contributed by atoms with Gasteiger partial charge in [-0.1, -0.05) is 146 Å². The molecule has 1 unspecified atom stereocenters. The Bertz CT molecular complexity index is 2760. The summed E-state index contributed by atoms with van der Waals surface area (Å²) in [5, 5.41) is 2.58. The maximum atomic E-state index is 5.17. The van der Waals surface area contributed by atoms with Gasteiger partial charge in [-0.25, -0.2) is 9.97 Å². The van der Waals surface area contributed by atoms with E-state index in [-0.39, 0.29) is 5.41 Å². The smallest absolute Gasteiger partial charge is 0.160 e. The van der Waals surface area contributed by atoms with Crippen LogP contribution in [0.1, 0.15) is 23.6 Å². The summed E-state index contributed by atoms with van der Waals surface area (Å²) in [7, 11) is 0. The summed E-state index contributed by atoms with van der Waals surface area (Å²) in [6.45, 7) is 2.37. The molecule has 1 aliphatic carbocycles. The lowest BCUT2D eigenvalue weighted by atomic mass is 9.74. The van der Waals surface area contributed by atoms with Gasteiger partial charge < -0.3 is 0 Å². The number of nitrogens with zero attached hydrogens (tertiary/aromatic N) is 2. The van der Waals surface area contributed by atoms with Crippen LogP contribution in [0.25, 0.3) is 76.3 Å². The Labute approximate surface area is 301 Å². The molecule has 0 amide bonds. The monoisotopic (exact) mass is 668 g/mol. The predicted octanol–water partition coefficient (Wildman–Crippen LogP) is 12.8. The van der Waals surface area contributed by atoms with Gasteiger partial charge in [0.25, 0.3) is 0 Å². The molecule has 0 N–H and O–H groups in total. The average molecular weight is 669 g/mol. The van der Waals surface area contributed by atoms with Gasteiger partial charge >= 0.3 is 0 Å². The Morgan fingerprint density at radius 1 is 0.412 bits per heavy atom. The Balaban J connectivity index is 1.10. The zero-order valence-corrected chi connectivity index (χ0v) is 28.9. The molecule has 0 bridgehead atoms. The molecule has 0 spiro atoms. The first kappa shape index (κ1) is 29.7. The third-order valence-electron chi connectivity index (χ3n) is 10.6. The van der Waals surface area contributed by atoms with E-state index in [4.69, 9.17) is 9.97 Å². The quantitative estimate of drug-likeness (QED) is 0.182. The van der Waals surface area contributed by atoms with Gasteiger partial charge in [0.05, 0.1) is 11.4 Å². The zero-order valence-electron chi connectivity index (χ0n) is 28.0. The van der Waals surface area contributed by atoms with Crippen molar-refractivity contribution >= 4 is 31.5 Å². The van der Waals surface area contributed by atoms with Crippen LogP contribution in [0.15, 0.2) is 176 Å². The van der Waals surface area contributed by atoms with Gasteiger partial charge in [-0.2, -0.15) is 0 Å². The molecular weight excluding hydrogens is 637 g/mol. The summed E-state index contributed by atoms with van der Waals surface area (Å²) >= 11 is 1.83. The molecule has 7 aromatic carbocycles. The maximum Gasteiger partial charge on any atom is 0.160 e. The van der Waals surface area contributed by atoms with Crippen LogP contribution in [-0.2, 0) is 5.41 Å². The minimum atomic E-state index is -0.248. The Hall–Kier alpha value is -6.16. The van der Waals surface area contributed by atoms with Crippen molar-refractivity contribution in [1.29, 1.82) is 0 Å². The highest BCUT2D eigenvalue weighted by atomic mass is 32.1. The van der Waals surface area contributed by atoms with Gasteiger partial charge in [0, 0.05) is 42.3 Å². The number of hydrogen-bond acceptors (Lipinski definition) is 3. The van der Waals surface area contributed by atoms with Crippen molar-refractivity contribution < 1.29 is 0 Å². The molecule has 10 rings (SSSR count). The number of thiophene rings is 1. The predicted molar refractivity (Wildman–Crippen MR) is 214 cm³/mol. The van der Waals surface area contributed by atoms with Crippen LogP contribution in [0.4, 0.5) is 0 Å². The minimum Gasteiger partial charge on any atom is -0.228 e. The first-order valence-corrected chi connectivity index (χ1v) is 18.2. The molecule has 0 radical (unpaired) electrons. The molecule has 2 heterocycles. The van der Waals surface area contributed by atoms with E-state index in [2.05, 4.69) is 165 Å². The van der Waals surface area contributed by atoms with Crippen LogP contribution >= 0.6 is 11.3 Å². The van der Waals surface area contributed by atoms with Crippen LogP contribution < -0.4 is 0 Å². The van der Waals surface area contributed by atoms with Crippen molar-refractivity contribution in [2.75, 3.05) is 0 Å². The van der Waals surface area contributed by atoms with E-state index in [9.17, 15) is 0 Å². The molecule has 1 aliphatic rings. The van der Waals surface area contributed by atoms with Crippen molar-refractivity contribution in [1.82, 2.24) is 9.97 Å². The van der Waals surface area contributed by atoms with Crippen molar-refractivity contribution in [3.05, 3.63) is 193 Å². The van der Waals surface area contributed by atoms with E-state index in [1.807, 2.05) is 29.5 Å². The van der Waals surface area contributed by atoms with Gasteiger partial charge in [-0.3, -0.25) is 0 Å². The van der Waals surface area contributed by atoms with E-state index in [0.717, 1.165) is 39.5 Å². The second-order valence-corrected chi connectivity index (χ2v) is 14.6. The Morgan fingerprint density at radius 3 is 1.86 bits per heavy atom. The molecule has 0 saturated carbocycles. The molecule has 0 fully saturated rings. The fourth-order valence-corrected chi connectivity index (χ4v) is 9.10. The van der Waals surface area contributed by atoms with E-state index < -0.39 is 0 Å². The second-order valence-electron chi connectivity index (χ2n) is 13.5. The van der Waals surface area contributed by atoms with Gasteiger partial charge in [0.15, 0.2) is 5.82 Å². The van der Waals surface area contributed by atoms with Crippen LogP contribution in [0.2, 0.25) is 0 Å². The zero-order chi connectivity index (χ0) is 33.9. The second kappa shape index (κ2) is 11.7. The van der Waals surface area contributed by atoms with Crippen molar-refractivity contribution in [3.63, 3.8) is 0 Å². The standard InChI is InChI=1S/C48H32N2S/c1-48(36-17-6-3-7-18-36)41-21-10-8-19-37(41)38-25-23-33(28-42(38)48)32-15-12-16-34(27-32)43-30-44(50-47(49-43)31-13-4-2-5-14-31)35-24-26-40-39-20-9-11-22-45(39)51-46(40)29-35/h2-30H,1H3. The van der Waals surface area contributed by atoms with Crippen LogP contribution in [0.3, 0.4) is 0 Å². The molecule has 0 saturated heterocycles. The summed E-state index contributed by atoms with van der Waals surface area (Å²) in [5.74, 6) is 0.721. The molecule has 0 aliphatic heterocycles. The molecular formula is C48H32N2S. The lowest BCUT2D eigenvalue weighted by Gasteiger charge is -2.28. The third kappa shape index (κ3) is 4.85. The SMILES string of the molecule is CC1(c2ccccc2)c2ccccc2-c2ccc(-c3cccc(-c4cc(-c5ccc6c(c5)sc5ccccc56)nc(-c5ccccc5)n4)c3)cc21. The molecule has 2 aromatic heterocycles. The van der Waals surface area contributed by atoms with Gasteiger partial charge in [0.2, 0.25) is 0 Å². The lowest BCUT2D eigenvalue weighted by molar-refractivity contribution is 0.714. The normalized spacial score (nSPS) is 14.8. The summed E-state index contributed by atoms with van der Waals surface area (Å²) in [4.78, 5) is 10.3. The Kier molecular flexibility index (Phi) is 6.83. The van der Waals surface area contributed by atoms with E-state index in [1.165, 1.54) is 53.6 Å². The van der Waals surface area contributed by atoms with Crippen molar-refractivity contribution in [2.24, 2.45) is 0 Å². The molecule has 9 aromatic rings. The third-order valence-corrected chi connectivity index (χ3v) is 11.7. The largest absolute Gasteiger partial charge is 0.228 e. The summed E-state index contributed by atoms with van der Waals surface area (Å²) in [6.07, 6.45) is 0. The van der Waals surface area contributed by atoms with Crippen molar-refractivity contribution in [2.45, 2.75) is 12.3 Å². The fraction of sp³-hybridized carbons (Fsp3) is 0.0417. The molecule has 1 atom stereocenters. The highest BCUT2D eigenvalue weighted by molar-refractivity contribution is 7.25. The summed E-state index contributed by atoms with van der Waals surface area (Å²) in [6, 6.07) is 63.4. The van der Waals surface area contributed by atoms with Gasteiger partial charge in [0.1, 0.15) is 0 Å². The highest BCUT2D eigenvalue weighted by Crippen LogP contribution is 2.53. The minimum absolute atomic E-state index is 0.248. The Morgan fingerprint density at radius 2 is 1.02 bits per heavy atom. The number of hydrogen-bond donors (Lipinski definition) is 0. The first-order valence-electron chi connectivity index (χ1n) is 17.4. The van der Waals surface area contributed by atoms with E-state index >= 15 is 0 Å². The van der Waals surface area contributed by atoms with Gasteiger partial charge in [-0.05, 0) is 76.2 Å². The maximum absolute atomic E-state index is 5.17. The topological polar surface area (TPSA) is 25.8 Å². The van der Waals surface area contributed by atoms with E-state index in [0.29, 0.717) is 0 Å². The number of fused-ring (bicyclic) bond motifs is 6. The fourth-order valence-electron chi connectivity index (χ4n) is 7.96. The van der Waals surface area contributed by atoms with Crippen LogP contribution in [0, 0.1) is 0 Å². The first-order chi connectivity index (χ1) is 25.1.